The zero-order chi connectivity index (χ0) is 12.0. The van der Waals surface area contributed by atoms with E-state index in [0.29, 0.717) is 12.2 Å². The number of benzene rings is 1. The highest BCUT2D eigenvalue weighted by molar-refractivity contribution is 5.91. The monoisotopic (exact) mass is 223 g/mol. The summed E-state index contributed by atoms with van der Waals surface area (Å²) in [5.74, 6) is -1.25. The van der Waals surface area contributed by atoms with E-state index in [0.717, 1.165) is 5.56 Å². The van der Waals surface area contributed by atoms with Gasteiger partial charge in [-0.25, -0.2) is 4.79 Å². The molecule has 0 spiro atoms. The molecule has 0 aliphatic rings. The largest absolute Gasteiger partial charge is 0.452 e. The number of amides is 1. The van der Waals surface area contributed by atoms with Crippen molar-refractivity contribution in [1.29, 1.82) is 0 Å². The Kier molecular flexibility index (Phi) is 4.47. The van der Waals surface area contributed by atoms with E-state index in [4.69, 9.17) is 10.5 Å². The van der Waals surface area contributed by atoms with Crippen molar-refractivity contribution in [2.45, 2.75) is 6.61 Å². The van der Waals surface area contributed by atoms with Gasteiger partial charge in [-0.3, -0.25) is 4.79 Å². The number of hydrogen-bond donors (Lipinski definition) is 1. The first-order valence-electron chi connectivity index (χ1n) is 4.67. The molecule has 0 saturated heterocycles. The van der Waals surface area contributed by atoms with E-state index in [1.807, 2.05) is 6.07 Å². The zero-order valence-electron chi connectivity index (χ0n) is 8.93. The summed E-state index contributed by atoms with van der Waals surface area (Å²) in [5.41, 5.74) is 6.09. The van der Waals surface area contributed by atoms with Crippen LogP contribution < -0.4 is 5.73 Å². The molecule has 0 aliphatic heterocycles. The predicted octanol–water partition coefficient (Wildman–Crippen LogP) is 0.475. The van der Waals surface area contributed by atoms with Crippen LogP contribution in [0.4, 0.5) is 0 Å². The van der Waals surface area contributed by atoms with E-state index in [1.54, 1.807) is 25.3 Å². The van der Waals surface area contributed by atoms with Gasteiger partial charge in [0.15, 0.2) is 6.61 Å². The second kappa shape index (κ2) is 5.87. The van der Waals surface area contributed by atoms with Crippen molar-refractivity contribution in [3.05, 3.63) is 35.4 Å². The summed E-state index contributed by atoms with van der Waals surface area (Å²) in [4.78, 5) is 21.9. The number of ether oxygens (including phenoxy) is 2. The topological polar surface area (TPSA) is 78.6 Å². The molecule has 0 heterocycles. The Morgan fingerprint density at radius 3 is 2.75 bits per heavy atom. The Balaban J connectivity index is 2.67. The van der Waals surface area contributed by atoms with Gasteiger partial charge in [-0.15, -0.1) is 0 Å². The van der Waals surface area contributed by atoms with Gasteiger partial charge in [-0.05, 0) is 17.7 Å². The van der Waals surface area contributed by atoms with Crippen LogP contribution >= 0.6 is 0 Å². The van der Waals surface area contributed by atoms with E-state index >= 15 is 0 Å². The van der Waals surface area contributed by atoms with Crippen molar-refractivity contribution in [1.82, 2.24) is 0 Å². The summed E-state index contributed by atoms with van der Waals surface area (Å²) in [6, 6.07) is 6.79. The average molecular weight is 223 g/mol. The van der Waals surface area contributed by atoms with Crippen molar-refractivity contribution in [3.63, 3.8) is 0 Å². The number of rotatable bonds is 5. The van der Waals surface area contributed by atoms with Crippen molar-refractivity contribution < 1.29 is 19.1 Å². The number of esters is 1. The molecule has 0 aromatic heterocycles. The first-order valence-corrected chi connectivity index (χ1v) is 4.67. The number of primary amides is 1. The second-order valence-electron chi connectivity index (χ2n) is 3.18. The summed E-state index contributed by atoms with van der Waals surface area (Å²) >= 11 is 0. The molecule has 5 nitrogen and oxygen atoms in total. The molecule has 0 fully saturated rings. The van der Waals surface area contributed by atoms with Gasteiger partial charge in [-0.2, -0.15) is 0 Å². The fourth-order valence-electron chi connectivity index (χ4n) is 1.17. The molecule has 1 amide bonds. The van der Waals surface area contributed by atoms with Crippen LogP contribution in [0.1, 0.15) is 15.9 Å². The molecule has 1 aromatic rings. The van der Waals surface area contributed by atoms with E-state index in [2.05, 4.69) is 4.74 Å². The Morgan fingerprint density at radius 1 is 1.38 bits per heavy atom. The highest BCUT2D eigenvalue weighted by Gasteiger charge is 2.08. The third-order valence-corrected chi connectivity index (χ3v) is 1.82. The predicted molar refractivity (Wildman–Crippen MR) is 56.6 cm³/mol. The van der Waals surface area contributed by atoms with Gasteiger partial charge >= 0.3 is 5.97 Å². The van der Waals surface area contributed by atoms with E-state index < -0.39 is 18.5 Å². The Hall–Kier alpha value is -1.88. The number of carbonyl (C=O) groups is 2. The normalized spacial score (nSPS) is 9.81. The smallest absolute Gasteiger partial charge is 0.338 e. The molecule has 16 heavy (non-hydrogen) atoms. The van der Waals surface area contributed by atoms with Crippen LogP contribution in [0.15, 0.2) is 24.3 Å². The lowest BCUT2D eigenvalue weighted by molar-refractivity contribution is -0.121. The zero-order valence-corrected chi connectivity index (χ0v) is 8.93. The fraction of sp³-hybridized carbons (Fsp3) is 0.273. The minimum Gasteiger partial charge on any atom is -0.452 e. The van der Waals surface area contributed by atoms with Gasteiger partial charge in [0.1, 0.15) is 0 Å². The first-order chi connectivity index (χ1) is 7.63. The summed E-state index contributed by atoms with van der Waals surface area (Å²) in [6.07, 6.45) is 0. The van der Waals surface area contributed by atoms with E-state index in [1.165, 1.54) is 0 Å². The van der Waals surface area contributed by atoms with E-state index in [9.17, 15) is 9.59 Å². The minimum absolute atomic E-state index is 0.371. The molecule has 0 bridgehead atoms. The number of nitrogens with two attached hydrogens (primary N) is 1. The lowest BCUT2D eigenvalue weighted by Crippen LogP contribution is -2.20. The van der Waals surface area contributed by atoms with Crippen molar-refractivity contribution in [2.75, 3.05) is 13.7 Å². The molecule has 0 unspecified atom stereocenters. The maximum Gasteiger partial charge on any atom is 0.338 e. The third kappa shape index (κ3) is 3.70. The summed E-state index contributed by atoms with van der Waals surface area (Å²) in [5, 5.41) is 0. The van der Waals surface area contributed by atoms with Gasteiger partial charge in [0, 0.05) is 7.11 Å². The standard InChI is InChI=1S/C11H13NO4/c1-15-6-8-3-2-4-9(5-8)11(14)16-7-10(12)13/h2-5H,6-7H2,1H3,(H2,12,13). The Labute approximate surface area is 93.1 Å². The van der Waals surface area contributed by atoms with Crippen molar-refractivity contribution >= 4 is 11.9 Å². The summed E-state index contributed by atoms with van der Waals surface area (Å²) < 4.78 is 9.60. The third-order valence-electron chi connectivity index (χ3n) is 1.82. The molecule has 0 saturated carbocycles. The molecule has 0 radical (unpaired) electrons. The highest BCUT2D eigenvalue weighted by Crippen LogP contribution is 2.07. The average Bonchev–Trinajstić information content (AvgIpc) is 2.26. The fourth-order valence-corrected chi connectivity index (χ4v) is 1.17. The Morgan fingerprint density at radius 2 is 2.12 bits per heavy atom. The van der Waals surface area contributed by atoms with Gasteiger partial charge < -0.3 is 15.2 Å². The van der Waals surface area contributed by atoms with Gasteiger partial charge in [0.25, 0.3) is 5.91 Å². The van der Waals surface area contributed by atoms with Gasteiger partial charge in [-0.1, -0.05) is 12.1 Å². The highest BCUT2D eigenvalue weighted by atomic mass is 16.5. The summed E-state index contributed by atoms with van der Waals surface area (Å²) in [6.45, 7) is 0.00424. The number of methoxy groups -OCH3 is 1. The van der Waals surface area contributed by atoms with Crippen LogP contribution in [-0.4, -0.2) is 25.6 Å². The minimum atomic E-state index is -0.679. The molecular formula is C11H13NO4. The number of hydrogen-bond acceptors (Lipinski definition) is 4. The second-order valence-corrected chi connectivity index (χ2v) is 3.18. The van der Waals surface area contributed by atoms with Gasteiger partial charge in [0.2, 0.25) is 0 Å². The van der Waals surface area contributed by atoms with Crippen molar-refractivity contribution in [3.8, 4) is 0 Å². The molecular weight excluding hydrogens is 210 g/mol. The molecule has 86 valence electrons. The Bertz CT molecular complexity index is 389. The lowest BCUT2D eigenvalue weighted by atomic mass is 10.1. The summed E-state index contributed by atoms with van der Waals surface area (Å²) in [7, 11) is 1.57. The van der Waals surface area contributed by atoms with Crippen LogP contribution in [0.3, 0.4) is 0 Å². The van der Waals surface area contributed by atoms with Crippen LogP contribution in [0, 0.1) is 0 Å². The molecule has 5 heteroatoms. The van der Waals surface area contributed by atoms with Crippen LogP contribution in [0.25, 0.3) is 0 Å². The lowest BCUT2D eigenvalue weighted by Gasteiger charge is -2.04. The SMILES string of the molecule is COCc1cccc(C(=O)OCC(N)=O)c1. The molecule has 1 aromatic carbocycles. The first kappa shape index (κ1) is 12.2. The maximum atomic E-state index is 11.4. The quantitative estimate of drug-likeness (QED) is 0.736. The molecule has 0 atom stereocenters. The van der Waals surface area contributed by atoms with Gasteiger partial charge in [0.05, 0.1) is 12.2 Å². The van der Waals surface area contributed by atoms with Crippen LogP contribution in [-0.2, 0) is 20.9 Å². The number of carbonyl (C=O) groups excluding carboxylic acids is 2. The van der Waals surface area contributed by atoms with Crippen LogP contribution in [0.5, 0.6) is 0 Å². The van der Waals surface area contributed by atoms with Crippen molar-refractivity contribution in [2.24, 2.45) is 5.73 Å². The molecule has 2 N–H and O–H groups in total. The maximum absolute atomic E-state index is 11.4. The molecule has 1 rings (SSSR count). The van der Waals surface area contributed by atoms with E-state index in [-0.39, 0.29) is 0 Å². The van der Waals surface area contributed by atoms with Crippen LogP contribution in [0.2, 0.25) is 0 Å². The molecule has 0 aliphatic carbocycles.